The normalized spacial score (nSPS) is 19.9. The van der Waals surface area contributed by atoms with Crippen LogP contribution in [0.2, 0.25) is 0 Å². The molecule has 2 aromatic carbocycles. The highest BCUT2D eigenvalue weighted by Gasteiger charge is 2.40. The van der Waals surface area contributed by atoms with E-state index in [9.17, 15) is 24.3 Å². The molecule has 0 fully saturated rings. The molecule has 0 saturated heterocycles. The smallest absolute Gasteiger partial charge is 0.407 e. The number of carbonyl (C=O) groups is 4. The number of carbonyl (C=O) groups excluding carboxylic acids is 4. The van der Waals surface area contributed by atoms with Gasteiger partial charge in [0.25, 0.3) is 11.8 Å². The average molecular weight is 728 g/mol. The van der Waals surface area contributed by atoms with Gasteiger partial charge in [-0.25, -0.2) is 15.2 Å². The topological polar surface area (TPSA) is 163 Å². The minimum absolute atomic E-state index is 0.0357. The highest BCUT2D eigenvalue weighted by Crippen LogP contribution is 2.23. The minimum Gasteiger partial charge on any atom is -0.453 e. The first kappa shape index (κ1) is 40.7. The zero-order chi connectivity index (χ0) is 38.6. The number of amides is 4. The zero-order valence-electron chi connectivity index (χ0n) is 31.7. The lowest BCUT2D eigenvalue weighted by Gasteiger charge is -2.32. The molecule has 3 aromatic rings. The van der Waals surface area contributed by atoms with Crippen molar-refractivity contribution >= 4 is 23.8 Å². The molecular weight excluding hydrogens is 672 g/mol. The fraction of sp³-hybridized carbons (Fsp3) is 0.439. The summed E-state index contributed by atoms with van der Waals surface area (Å²) in [4.78, 5) is 57.3. The summed E-state index contributed by atoms with van der Waals surface area (Å²) in [6.07, 6.45) is 7.78. The minimum atomic E-state index is -1.85. The Morgan fingerprint density at radius 1 is 1.02 bits per heavy atom. The lowest BCUT2D eigenvalue weighted by atomic mass is 9.86. The zero-order valence-corrected chi connectivity index (χ0v) is 31.7. The van der Waals surface area contributed by atoms with Crippen molar-refractivity contribution in [2.45, 2.75) is 84.5 Å². The molecule has 2 aliphatic heterocycles. The van der Waals surface area contributed by atoms with E-state index in [2.05, 4.69) is 26.4 Å². The van der Waals surface area contributed by atoms with Crippen LogP contribution in [0, 0.1) is 11.3 Å². The first-order chi connectivity index (χ1) is 25.2. The summed E-state index contributed by atoms with van der Waals surface area (Å²) >= 11 is 0. The van der Waals surface area contributed by atoms with Gasteiger partial charge in [0.2, 0.25) is 5.91 Å². The number of aromatic nitrogens is 1. The molecule has 4 amide bonds. The molecule has 12 nitrogen and oxygen atoms in total. The number of ether oxygens (including phenoxy) is 1. The summed E-state index contributed by atoms with van der Waals surface area (Å²) in [6.45, 7) is 10.3. The number of benzene rings is 2. The molecule has 1 aromatic heterocycles. The monoisotopic (exact) mass is 727 g/mol. The van der Waals surface area contributed by atoms with Gasteiger partial charge in [-0.2, -0.15) is 0 Å². The SMILES string of the molecule is COC(=O)N[C@H](C(=O)N[NH+](CCC[C@@]1(O)Cc2ccc(cc2)C/C=C\CNC(=O)[C@H](C(C)C)NC1=O)Cc1ccc(-c2cccnc2)cc1)C(C)(C)C. The number of alkyl carbamates (subject to hydrolysis) is 1. The number of nitrogens with one attached hydrogen (secondary N) is 5. The van der Waals surface area contributed by atoms with Crippen LogP contribution in [0.5, 0.6) is 0 Å². The molecule has 0 spiro atoms. The third-order valence-corrected chi connectivity index (χ3v) is 9.40. The highest BCUT2D eigenvalue weighted by atomic mass is 16.5. The Hall–Kier alpha value is -5.07. The first-order valence-electron chi connectivity index (χ1n) is 18.2. The third-order valence-electron chi connectivity index (χ3n) is 9.40. The number of aliphatic hydroxyl groups is 1. The molecule has 0 aliphatic carbocycles. The summed E-state index contributed by atoms with van der Waals surface area (Å²) in [6, 6.07) is 17.8. The van der Waals surface area contributed by atoms with Crippen LogP contribution in [0.25, 0.3) is 11.1 Å². The van der Waals surface area contributed by atoms with E-state index < -0.39 is 41.0 Å². The highest BCUT2D eigenvalue weighted by molar-refractivity contribution is 5.91. The van der Waals surface area contributed by atoms with E-state index >= 15 is 0 Å². The van der Waals surface area contributed by atoms with Crippen LogP contribution in [-0.4, -0.2) is 71.8 Å². The van der Waals surface area contributed by atoms with Crippen LogP contribution in [-0.2, 0) is 38.5 Å². The van der Waals surface area contributed by atoms with Gasteiger partial charge in [-0.15, -0.1) is 0 Å². The summed E-state index contributed by atoms with van der Waals surface area (Å²) in [5.74, 6) is -1.59. The van der Waals surface area contributed by atoms with Gasteiger partial charge in [0, 0.05) is 37.3 Å². The number of quaternary nitrogens is 1. The van der Waals surface area contributed by atoms with E-state index in [4.69, 9.17) is 4.74 Å². The Morgan fingerprint density at radius 2 is 1.72 bits per heavy atom. The third kappa shape index (κ3) is 12.0. The number of fused-ring (bicyclic) bond motifs is 11. The van der Waals surface area contributed by atoms with E-state index in [0.29, 0.717) is 37.5 Å². The first-order valence-corrected chi connectivity index (χ1v) is 18.2. The molecule has 12 heteroatoms. The van der Waals surface area contributed by atoms with E-state index in [1.807, 2.05) is 107 Å². The number of allylic oxidation sites excluding steroid dienone is 1. The van der Waals surface area contributed by atoms with Gasteiger partial charge in [-0.3, -0.25) is 19.4 Å². The largest absolute Gasteiger partial charge is 0.453 e. The maximum absolute atomic E-state index is 14.0. The van der Waals surface area contributed by atoms with Crippen molar-refractivity contribution in [2.24, 2.45) is 11.3 Å². The molecule has 4 atom stereocenters. The molecule has 284 valence electrons. The summed E-state index contributed by atoms with van der Waals surface area (Å²) < 4.78 is 4.80. The van der Waals surface area contributed by atoms with Crippen LogP contribution in [0.4, 0.5) is 4.79 Å². The molecule has 0 saturated carbocycles. The Morgan fingerprint density at radius 3 is 2.34 bits per heavy atom. The predicted octanol–water partition coefficient (Wildman–Crippen LogP) is 3.06. The lowest BCUT2D eigenvalue weighted by Crippen LogP contribution is -3.18. The molecular formula is C41H55N6O6+. The van der Waals surface area contributed by atoms with Crippen molar-refractivity contribution in [3.05, 3.63) is 102 Å². The maximum Gasteiger partial charge on any atom is 0.407 e. The van der Waals surface area contributed by atoms with Crippen molar-refractivity contribution in [2.75, 3.05) is 20.2 Å². The number of hydrogen-bond donors (Lipinski definition) is 6. The van der Waals surface area contributed by atoms with Gasteiger partial charge in [0.1, 0.15) is 24.2 Å². The van der Waals surface area contributed by atoms with Gasteiger partial charge in [0.05, 0.1) is 13.7 Å². The molecule has 5 rings (SSSR count). The summed E-state index contributed by atoms with van der Waals surface area (Å²) in [7, 11) is 1.24. The number of pyridine rings is 1. The van der Waals surface area contributed by atoms with Gasteiger partial charge < -0.3 is 25.8 Å². The van der Waals surface area contributed by atoms with E-state index in [-0.39, 0.29) is 24.7 Å². The average Bonchev–Trinajstić information content (AvgIpc) is 3.13. The van der Waals surface area contributed by atoms with Crippen LogP contribution >= 0.6 is 0 Å². The number of methoxy groups -OCH3 is 1. The second-order valence-corrected chi connectivity index (χ2v) is 15.1. The van der Waals surface area contributed by atoms with Gasteiger partial charge in [-0.05, 0) is 52.5 Å². The summed E-state index contributed by atoms with van der Waals surface area (Å²) in [5.41, 5.74) is 5.33. The molecule has 2 aliphatic rings. The lowest BCUT2D eigenvalue weighted by molar-refractivity contribution is -0.950. The Labute approximate surface area is 312 Å². The van der Waals surface area contributed by atoms with Crippen molar-refractivity contribution in [1.29, 1.82) is 0 Å². The summed E-state index contributed by atoms with van der Waals surface area (Å²) in [5, 5.41) is 21.2. The van der Waals surface area contributed by atoms with E-state index in [0.717, 1.165) is 27.8 Å². The second kappa shape index (κ2) is 18.6. The van der Waals surface area contributed by atoms with Gasteiger partial charge in [-0.1, -0.05) is 101 Å². The van der Waals surface area contributed by atoms with Crippen molar-refractivity contribution in [3.63, 3.8) is 0 Å². The van der Waals surface area contributed by atoms with Crippen molar-refractivity contribution in [1.82, 2.24) is 26.4 Å². The van der Waals surface area contributed by atoms with Crippen LogP contribution in [0.3, 0.4) is 0 Å². The predicted molar refractivity (Wildman–Crippen MR) is 203 cm³/mol. The van der Waals surface area contributed by atoms with Crippen molar-refractivity contribution < 1.29 is 34.0 Å². The molecule has 0 radical (unpaired) electrons. The van der Waals surface area contributed by atoms with Gasteiger partial charge >= 0.3 is 6.09 Å². The number of rotatable bonds is 11. The quantitative estimate of drug-likeness (QED) is 0.131. The van der Waals surface area contributed by atoms with E-state index in [1.54, 1.807) is 12.4 Å². The maximum atomic E-state index is 14.0. The van der Waals surface area contributed by atoms with Crippen molar-refractivity contribution in [3.8, 4) is 11.1 Å². The molecule has 1 unspecified atom stereocenters. The number of hydrogen-bond acceptors (Lipinski definition) is 7. The fourth-order valence-electron chi connectivity index (χ4n) is 6.28. The Balaban J connectivity index is 1.59. The van der Waals surface area contributed by atoms with Crippen LogP contribution in [0.1, 0.15) is 64.2 Å². The Kier molecular flexibility index (Phi) is 14.3. The Bertz CT molecular complexity index is 1710. The molecule has 53 heavy (non-hydrogen) atoms. The molecule has 6 N–H and O–H groups in total. The number of nitrogens with zero attached hydrogens (tertiary/aromatic N) is 1. The second-order valence-electron chi connectivity index (χ2n) is 15.1. The molecule has 3 heterocycles. The van der Waals surface area contributed by atoms with E-state index in [1.165, 1.54) is 7.11 Å². The van der Waals surface area contributed by atoms with Gasteiger partial charge in [0.15, 0.2) is 0 Å². The fourth-order valence-corrected chi connectivity index (χ4v) is 6.28. The standard InChI is InChI=1S/C41H54N6O6/c1-28(2)34-36(48)43-23-8-7-11-29-13-15-30(16-14-29)25-41(52,38(50)44-34)21-10-24-47(46-37(49)35(40(3,4)5)45-39(51)53-6)27-31-17-19-32(20-18-31)33-12-9-22-42-26-33/h7-9,12-20,22,26,28,34-35,52H,10-11,21,23-25,27H2,1-6H3,(H,43,48)(H,44,50)(H,45,51)(H,46,49)/p+1/b8-7-/t34-,35+,41+/m0/s1. The molecule has 2 bridgehead atoms. The van der Waals surface area contributed by atoms with Crippen LogP contribution in [0.15, 0.2) is 85.2 Å². The van der Waals surface area contributed by atoms with Crippen LogP contribution < -0.4 is 26.4 Å².